The normalized spacial score (nSPS) is 14.8. The number of carboxylic acids is 1. The van der Waals surface area contributed by atoms with Gasteiger partial charge in [0.15, 0.2) is 0 Å². The molecule has 0 atom stereocenters. The van der Waals surface area contributed by atoms with Gasteiger partial charge in [-0.15, -0.1) is 0 Å². The van der Waals surface area contributed by atoms with Crippen molar-refractivity contribution in [3.05, 3.63) is 29.8 Å². The van der Waals surface area contributed by atoms with Crippen molar-refractivity contribution in [1.82, 2.24) is 4.90 Å². The van der Waals surface area contributed by atoms with E-state index >= 15 is 0 Å². The molecule has 0 saturated carbocycles. The standard InChI is InChI=1S/C12H14N2O3/c1-2-14-10-6-4-3-5-9(10)7-13(12(14)17)8-11(15)16/h3-6H,2,7-8H2,1H3,(H,15,16). The Morgan fingerprint density at radius 1 is 1.41 bits per heavy atom. The summed E-state index contributed by atoms with van der Waals surface area (Å²) in [6.07, 6.45) is 0. The third-order valence-electron chi connectivity index (χ3n) is 2.79. The predicted octanol–water partition coefficient (Wildman–Crippen LogP) is 1.53. The highest BCUT2D eigenvalue weighted by Crippen LogP contribution is 2.27. The number of fused-ring (bicyclic) bond motifs is 1. The number of hydrogen-bond acceptors (Lipinski definition) is 2. The third-order valence-corrected chi connectivity index (χ3v) is 2.79. The van der Waals surface area contributed by atoms with Crippen molar-refractivity contribution in [2.45, 2.75) is 13.5 Å². The number of para-hydroxylation sites is 1. The molecule has 0 aliphatic carbocycles. The van der Waals surface area contributed by atoms with E-state index in [0.717, 1.165) is 11.3 Å². The fourth-order valence-electron chi connectivity index (χ4n) is 2.05. The summed E-state index contributed by atoms with van der Waals surface area (Å²) in [5.41, 5.74) is 1.86. The maximum atomic E-state index is 12.0. The SMILES string of the molecule is CCN1C(=O)N(CC(=O)O)Cc2ccccc21. The highest BCUT2D eigenvalue weighted by atomic mass is 16.4. The zero-order valence-corrected chi connectivity index (χ0v) is 9.59. The fraction of sp³-hybridized carbons (Fsp3) is 0.333. The number of hydrogen-bond donors (Lipinski definition) is 1. The van der Waals surface area contributed by atoms with E-state index in [1.807, 2.05) is 31.2 Å². The van der Waals surface area contributed by atoms with E-state index in [4.69, 9.17) is 5.11 Å². The van der Waals surface area contributed by atoms with Crippen molar-refractivity contribution in [3.8, 4) is 0 Å². The zero-order chi connectivity index (χ0) is 12.4. The first-order valence-corrected chi connectivity index (χ1v) is 5.49. The Hall–Kier alpha value is -2.04. The number of carbonyl (C=O) groups excluding carboxylic acids is 1. The topological polar surface area (TPSA) is 60.9 Å². The van der Waals surface area contributed by atoms with Crippen LogP contribution in [0.15, 0.2) is 24.3 Å². The molecule has 1 heterocycles. The van der Waals surface area contributed by atoms with Gasteiger partial charge in [-0.05, 0) is 18.6 Å². The second-order valence-corrected chi connectivity index (χ2v) is 3.91. The summed E-state index contributed by atoms with van der Waals surface area (Å²) in [6, 6.07) is 7.32. The van der Waals surface area contributed by atoms with Crippen LogP contribution in [-0.2, 0) is 11.3 Å². The maximum absolute atomic E-state index is 12.0. The Kier molecular flexibility index (Phi) is 2.99. The molecule has 5 heteroatoms. The number of carboxylic acid groups (broad SMARTS) is 1. The summed E-state index contributed by atoms with van der Waals surface area (Å²) in [5, 5.41) is 8.78. The second kappa shape index (κ2) is 4.45. The Labute approximate surface area is 99.3 Å². The number of anilines is 1. The molecule has 0 radical (unpaired) electrons. The van der Waals surface area contributed by atoms with E-state index in [0.29, 0.717) is 13.1 Å². The molecule has 1 aromatic rings. The second-order valence-electron chi connectivity index (χ2n) is 3.91. The average molecular weight is 234 g/mol. The minimum Gasteiger partial charge on any atom is -0.480 e. The van der Waals surface area contributed by atoms with Gasteiger partial charge in [0.2, 0.25) is 0 Å². The van der Waals surface area contributed by atoms with Gasteiger partial charge in [-0.25, -0.2) is 4.79 Å². The van der Waals surface area contributed by atoms with Gasteiger partial charge in [0.25, 0.3) is 0 Å². The average Bonchev–Trinajstić information content (AvgIpc) is 2.30. The summed E-state index contributed by atoms with van der Waals surface area (Å²) in [4.78, 5) is 25.7. The molecule has 1 N–H and O–H groups in total. The number of carbonyl (C=O) groups is 2. The van der Waals surface area contributed by atoms with Gasteiger partial charge in [-0.1, -0.05) is 18.2 Å². The molecule has 1 aromatic carbocycles. The number of rotatable bonds is 3. The first-order chi connectivity index (χ1) is 8.13. The van der Waals surface area contributed by atoms with Gasteiger partial charge in [0.1, 0.15) is 6.54 Å². The summed E-state index contributed by atoms with van der Waals surface area (Å²) < 4.78 is 0. The van der Waals surface area contributed by atoms with Crippen LogP contribution in [0.3, 0.4) is 0 Å². The molecule has 0 aromatic heterocycles. The first-order valence-electron chi connectivity index (χ1n) is 5.49. The lowest BCUT2D eigenvalue weighted by molar-refractivity contribution is -0.137. The Bertz CT molecular complexity index is 459. The molecular weight excluding hydrogens is 220 g/mol. The van der Waals surface area contributed by atoms with Crippen LogP contribution >= 0.6 is 0 Å². The van der Waals surface area contributed by atoms with Crippen molar-refractivity contribution in [3.63, 3.8) is 0 Å². The van der Waals surface area contributed by atoms with Crippen LogP contribution in [0.4, 0.5) is 10.5 Å². The number of amides is 2. The lowest BCUT2D eigenvalue weighted by Crippen LogP contribution is -2.48. The summed E-state index contributed by atoms with van der Waals surface area (Å²) in [7, 11) is 0. The first kappa shape index (κ1) is 11.4. The van der Waals surface area contributed by atoms with E-state index in [2.05, 4.69) is 0 Å². The van der Waals surface area contributed by atoms with Gasteiger partial charge in [0.05, 0.1) is 12.2 Å². The minimum absolute atomic E-state index is 0.242. The molecule has 5 nitrogen and oxygen atoms in total. The summed E-state index contributed by atoms with van der Waals surface area (Å²) >= 11 is 0. The molecule has 0 fully saturated rings. The van der Waals surface area contributed by atoms with E-state index < -0.39 is 5.97 Å². The predicted molar refractivity (Wildman–Crippen MR) is 62.9 cm³/mol. The molecule has 1 aliphatic heterocycles. The number of benzene rings is 1. The van der Waals surface area contributed by atoms with Crippen LogP contribution in [0.1, 0.15) is 12.5 Å². The molecule has 0 unspecified atom stereocenters. The summed E-state index contributed by atoms with van der Waals surface area (Å²) in [5.74, 6) is -0.992. The van der Waals surface area contributed by atoms with Crippen LogP contribution in [0.25, 0.3) is 0 Å². The molecule has 90 valence electrons. The fourth-order valence-corrected chi connectivity index (χ4v) is 2.05. The van der Waals surface area contributed by atoms with Gasteiger partial charge in [-0.2, -0.15) is 0 Å². The Morgan fingerprint density at radius 3 is 2.76 bits per heavy atom. The minimum atomic E-state index is -0.992. The molecule has 1 aliphatic rings. The van der Waals surface area contributed by atoms with Crippen molar-refractivity contribution < 1.29 is 14.7 Å². The molecule has 17 heavy (non-hydrogen) atoms. The maximum Gasteiger partial charge on any atom is 0.325 e. The highest BCUT2D eigenvalue weighted by Gasteiger charge is 2.29. The lowest BCUT2D eigenvalue weighted by Gasteiger charge is -2.35. The van der Waals surface area contributed by atoms with Crippen molar-refractivity contribution in [2.75, 3.05) is 18.0 Å². The van der Waals surface area contributed by atoms with Crippen LogP contribution in [0, 0.1) is 0 Å². The molecule has 2 amide bonds. The van der Waals surface area contributed by atoms with Crippen LogP contribution in [0.5, 0.6) is 0 Å². The van der Waals surface area contributed by atoms with Gasteiger partial charge < -0.3 is 10.0 Å². The van der Waals surface area contributed by atoms with E-state index in [1.165, 1.54) is 4.90 Å². The zero-order valence-electron chi connectivity index (χ0n) is 9.59. The van der Waals surface area contributed by atoms with Crippen LogP contribution in [0.2, 0.25) is 0 Å². The lowest BCUT2D eigenvalue weighted by atomic mass is 10.1. The smallest absolute Gasteiger partial charge is 0.325 e. The van der Waals surface area contributed by atoms with E-state index in [1.54, 1.807) is 4.90 Å². The highest BCUT2D eigenvalue weighted by molar-refractivity contribution is 5.96. The molecule has 0 bridgehead atoms. The Balaban J connectivity index is 2.35. The van der Waals surface area contributed by atoms with Gasteiger partial charge >= 0.3 is 12.0 Å². The largest absolute Gasteiger partial charge is 0.480 e. The third kappa shape index (κ3) is 2.08. The number of aliphatic carboxylic acids is 1. The Morgan fingerprint density at radius 2 is 2.12 bits per heavy atom. The quantitative estimate of drug-likeness (QED) is 0.862. The molecule has 0 spiro atoms. The monoisotopic (exact) mass is 234 g/mol. The van der Waals surface area contributed by atoms with E-state index in [9.17, 15) is 9.59 Å². The van der Waals surface area contributed by atoms with Gasteiger partial charge in [0, 0.05) is 6.54 Å². The van der Waals surface area contributed by atoms with Crippen molar-refractivity contribution in [1.29, 1.82) is 0 Å². The number of nitrogens with zero attached hydrogens (tertiary/aromatic N) is 2. The van der Waals surface area contributed by atoms with Crippen LogP contribution < -0.4 is 4.90 Å². The number of urea groups is 1. The molecular formula is C12H14N2O3. The molecule has 0 saturated heterocycles. The van der Waals surface area contributed by atoms with Crippen molar-refractivity contribution in [2.24, 2.45) is 0 Å². The van der Waals surface area contributed by atoms with Gasteiger partial charge in [-0.3, -0.25) is 9.69 Å². The summed E-state index contributed by atoms with van der Waals surface area (Å²) in [6.45, 7) is 2.51. The van der Waals surface area contributed by atoms with E-state index in [-0.39, 0.29) is 12.6 Å². The molecule has 2 rings (SSSR count). The van der Waals surface area contributed by atoms with Crippen LogP contribution in [-0.4, -0.2) is 35.1 Å². The van der Waals surface area contributed by atoms with Crippen molar-refractivity contribution >= 4 is 17.7 Å².